The first-order chi connectivity index (χ1) is 13.5. The normalized spacial score (nSPS) is 10.4. The molecule has 0 bridgehead atoms. The fourth-order valence-electron chi connectivity index (χ4n) is 2.58. The van der Waals surface area contributed by atoms with E-state index in [0.29, 0.717) is 33.5 Å². The minimum absolute atomic E-state index is 0.182. The van der Waals surface area contributed by atoms with E-state index in [9.17, 15) is 9.59 Å². The van der Waals surface area contributed by atoms with Gasteiger partial charge in [0.15, 0.2) is 0 Å². The molecule has 3 aromatic rings. The Labute approximate surface area is 172 Å². The number of carbonyl (C=O) groups is 2. The van der Waals surface area contributed by atoms with Gasteiger partial charge in [0.25, 0.3) is 5.91 Å². The number of rotatable bonds is 6. The van der Waals surface area contributed by atoms with Gasteiger partial charge in [0.05, 0.1) is 10.0 Å². The van der Waals surface area contributed by atoms with Gasteiger partial charge in [0.1, 0.15) is 5.82 Å². The zero-order chi connectivity index (χ0) is 19.9. The van der Waals surface area contributed by atoms with Crippen molar-refractivity contribution in [2.24, 2.45) is 0 Å². The molecule has 0 aliphatic carbocycles. The predicted octanol–water partition coefficient (Wildman–Crippen LogP) is 5.21. The van der Waals surface area contributed by atoms with Crippen molar-refractivity contribution in [3.8, 4) is 0 Å². The van der Waals surface area contributed by atoms with Crippen LogP contribution in [-0.4, -0.2) is 16.8 Å². The maximum absolute atomic E-state index is 12.3. The summed E-state index contributed by atoms with van der Waals surface area (Å²) in [5.74, 6) is -0.0285. The van der Waals surface area contributed by atoms with Crippen LogP contribution < -0.4 is 10.6 Å². The molecule has 5 nitrogen and oxygen atoms in total. The molecule has 2 aromatic carbocycles. The van der Waals surface area contributed by atoms with Crippen molar-refractivity contribution < 1.29 is 9.59 Å². The minimum Gasteiger partial charge on any atom is -0.326 e. The highest BCUT2D eigenvalue weighted by atomic mass is 35.5. The van der Waals surface area contributed by atoms with Crippen LogP contribution in [0.2, 0.25) is 10.0 Å². The highest BCUT2D eigenvalue weighted by molar-refractivity contribution is 6.42. The molecule has 2 amide bonds. The third-order valence-corrected chi connectivity index (χ3v) is 4.83. The van der Waals surface area contributed by atoms with E-state index < -0.39 is 0 Å². The molecule has 3 rings (SSSR count). The standard InChI is InChI=1S/C21H17Cl2N3O2/c22-17-8-4-5-14(20(17)23)10-11-19(27)25-16-7-3-6-15(13-16)21(28)26-18-9-1-2-12-24-18/h1-9,12-13H,10-11H2,(H,25,27)(H,24,26,28). The number of aryl methyl sites for hydroxylation is 1. The summed E-state index contributed by atoms with van der Waals surface area (Å²) >= 11 is 12.1. The second-order valence-electron chi connectivity index (χ2n) is 6.01. The molecule has 28 heavy (non-hydrogen) atoms. The van der Waals surface area contributed by atoms with Gasteiger partial charge < -0.3 is 10.6 Å². The molecule has 1 heterocycles. The maximum Gasteiger partial charge on any atom is 0.256 e. The van der Waals surface area contributed by atoms with Gasteiger partial charge in [-0.15, -0.1) is 0 Å². The maximum atomic E-state index is 12.3. The smallest absolute Gasteiger partial charge is 0.256 e. The quantitative estimate of drug-likeness (QED) is 0.582. The summed E-state index contributed by atoms with van der Waals surface area (Å²) in [5.41, 5.74) is 1.77. The van der Waals surface area contributed by atoms with Crippen molar-refractivity contribution in [3.63, 3.8) is 0 Å². The molecular formula is C21H17Cl2N3O2. The Bertz CT molecular complexity index is 994. The van der Waals surface area contributed by atoms with Crippen LogP contribution in [0.3, 0.4) is 0 Å². The lowest BCUT2D eigenvalue weighted by molar-refractivity contribution is -0.116. The summed E-state index contributed by atoms with van der Waals surface area (Å²) < 4.78 is 0. The first-order valence-corrected chi connectivity index (χ1v) is 9.34. The third kappa shape index (κ3) is 5.31. The number of benzene rings is 2. The number of halogens is 2. The van der Waals surface area contributed by atoms with E-state index in [2.05, 4.69) is 15.6 Å². The molecule has 2 N–H and O–H groups in total. The molecule has 0 spiro atoms. The number of aromatic nitrogens is 1. The van der Waals surface area contributed by atoms with E-state index >= 15 is 0 Å². The molecule has 0 saturated heterocycles. The van der Waals surface area contributed by atoms with Crippen molar-refractivity contribution in [1.82, 2.24) is 4.98 Å². The predicted molar refractivity (Wildman–Crippen MR) is 112 cm³/mol. The van der Waals surface area contributed by atoms with Gasteiger partial charge in [0.2, 0.25) is 5.91 Å². The molecule has 0 radical (unpaired) electrons. The molecule has 0 saturated carbocycles. The van der Waals surface area contributed by atoms with E-state index in [1.54, 1.807) is 60.8 Å². The van der Waals surface area contributed by atoms with Gasteiger partial charge in [-0.05, 0) is 48.4 Å². The molecule has 1 aromatic heterocycles. The molecule has 0 unspecified atom stereocenters. The van der Waals surface area contributed by atoms with Crippen LogP contribution in [0.1, 0.15) is 22.3 Å². The highest BCUT2D eigenvalue weighted by Crippen LogP contribution is 2.26. The molecule has 0 atom stereocenters. The lowest BCUT2D eigenvalue weighted by Gasteiger charge is -2.09. The summed E-state index contributed by atoms with van der Waals surface area (Å²) in [6.07, 6.45) is 2.30. The third-order valence-electron chi connectivity index (χ3n) is 3.97. The van der Waals surface area contributed by atoms with Crippen LogP contribution in [-0.2, 0) is 11.2 Å². The lowest BCUT2D eigenvalue weighted by Crippen LogP contribution is -2.15. The van der Waals surface area contributed by atoms with E-state index in [4.69, 9.17) is 23.2 Å². The van der Waals surface area contributed by atoms with Crippen molar-refractivity contribution in [2.45, 2.75) is 12.8 Å². The number of anilines is 2. The number of nitrogens with zero attached hydrogens (tertiary/aromatic N) is 1. The second kappa shape index (κ2) is 9.35. The number of hydrogen-bond donors (Lipinski definition) is 2. The van der Waals surface area contributed by atoms with E-state index in [1.807, 2.05) is 6.07 Å². The fraction of sp³-hybridized carbons (Fsp3) is 0.0952. The average molecular weight is 414 g/mol. The topological polar surface area (TPSA) is 71.1 Å². The second-order valence-corrected chi connectivity index (χ2v) is 6.80. The van der Waals surface area contributed by atoms with Crippen molar-refractivity contribution in [3.05, 3.63) is 88.0 Å². The Balaban J connectivity index is 1.60. The van der Waals surface area contributed by atoms with Gasteiger partial charge in [-0.25, -0.2) is 4.98 Å². The monoisotopic (exact) mass is 413 g/mol. The molecule has 0 aliphatic rings. The highest BCUT2D eigenvalue weighted by Gasteiger charge is 2.10. The van der Waals surface area contributed by atoms with Crippen molar-refractivity contribution in [2.75, 3.05) is 10.6 Å². The Kier molecular flexibility index (Phi) is 6.63. The molecule has 0 fully saturated rings. The Morgan fingerprint density at radius 1 is 0.929 bits per heavy atom. The van der Waals surface area contributed by atoms with Crippen LogP contribution in [0, 0.1) is 0 Å². The summed E-state index contributed by atoms with van der Waals surface area (Å²) in [4.78, 5) is 28.7. The Morgan fingerprint density at radius 3 is 2.54 bits per heavy atom. The van der Waals surface area contributed by atoms with Crippen LogP contribution in [0.25, 0.3) is 0 Å². The van der Waals surface area contributed by atoms with Gasteiger partial charge in [-0.2, -0.15) is 0 Å². The first kappa shape index (κ1) is 19.9. The largest absolute Gasteiger partial charge is 0.326 e. The SMILES string of the molecule is O=C(CCc1cccc(Cl)c1Cl)Nc1cccc(C(=O)Nc2ccccn2)c1. The van der Waals surface area contributed by atoms with E-state index in [0.717, 1.165) is 5.56 Å². The van der Waals surface area contributed by atoms with Crippen LogP contribution in [0.15, 0.2) is 66.9 Å². The van der Waals surface area contributed by atoms with Crippen LogP contribution in [0.4, 0.5) is 11.5 Å². The Morgan fingerprint density at radius 2 is 1.75 bits per heavy atom. The number of nitrogens with one attached hydrogen (secondary N) is 2. The van der Waals surface area contributed by atoms with E-state index in [1.165, 1.54) is 0 Å². The van der Waals surface area contributed by atoms with Crippen LogP contribution in [0.5, 0.6) is 0 Å². The molecular weight excluding hydrogens is 397 g/mol. The first-order valence-electron chi connectivity index (χ1n) is 8.58. The fourth-order valence-corrected chi connectivity index (χ4v) is 2.99. The minimum atomic E-state index is -0.305. The summed E-state index contributed by atoms with van der Waals surface area (Å²) in [6, 6.07) is 17.3. The molecule has 142 valence electrons. The average Bonchev–Trinajstić information content (AvgIpc) is 2.70. The van der Waals surface area contributed by atoms with Crippen molar-refractivity contribution >= 4 is 46.5 Å². The number of hydrogen-bond acceptors (Lipinski definition) is 3. The van der Waals surface area contributed by atoms with Gasteiger partial charge >= 0.3 is 0 Å². The molecule has 7 heteroatoms. The number of amides is 2. The van der Waals surface area contributed by atoms with Crippen molar-refractivity contribution in [1.29, 1.82) is 0 Å². The zero-order valence-electron chi connectivity index (χ0n) is 14.8. The summed E-state index contributed by atoms with van der Waals surface area (Å²) in [5, 5.41) is 6.43. The summed E-state index contributed by atoms with van der Waals surface area (Å²) in [7, 11) is 0. The van der Waals surface area contributed by atoms with Crippen LogP contribution >= 0.6 is 23.2 Å². The lowest BCUT2D eigenvalue weighted by atomic mass is 10.1. The summed E-state index contributed by atoms with van der Waals surface area (Å²) in [6.45, 7) is 0. The van der Waals surface area contributed by atoms with Gasteiger partial charge in [-0.1, -0.05) is 47.5 Å². The number of carbonyl (C=O) groups excluding carboxylic acids is 2. The van der Waals surface area contributed by atoms with Gasteiger partial charge in [0, 0.05) is 23.9 Å². The zero-order valence-corrected chi connectivity index (χ0v) is 16.3. The Hall–Kier alpha value is -2.89. The number of pyridine rings is 1. The van der Waals surface area contributed by atoms with E-state index in [-0.39, 0.29) is 18.2 Å². The molecule has 0 aliphatic heterocycles. The van der Waals surface area contributed by atoms with Gasteiger partial charge in [-0.3, -0.25) is 9.59 Å².